The van der Waals surface area contributed by atoms with Crippen molar-refractivity contribution in [2.24, 2.45) is 0 Å². The van der Waals surface area contributed by atoms with Crippen LogP contribution in [0, 0.1) is 0 Å². The van der Waals surface area contributed by atoms with Crippen molar-refractivity contribution in [3.05, 3.63) is 63.6 Å². The lowest BCUT2D eigenvalue weighted by molar-refractivity contribution is -0.905. The first-order valence-corrected chi connectivity index (χ1v) is 13.1. The third kappa shape index (κ3) is 5.42. The van der Waals surface area contributed by atoms with Gasteiger partial charge in [-0.3, -0.25) is 9.59 Å². The van der Waals surface area contributed by atoms with Crippen molar-refractivity contribution in [3.8, 4) is 5.75 Å². The van der Waals surface area contributed by atoms with Crippen LogP contribution in [-0.4, -0.2) is 62.3 Å². The van der Waals surface area contributed by atoms with Gasteiger partial charge >= 0.3 is 5.97 Å². The molecule has 8 heteroatoms. The van der Waals surface area contributed by atoms with Crippen LogP contribution < -0.4 is 10.1 Å². The van der Waals surface area contributed by atoms with Gasteiger partial charge in [0.2, 0.25) is 5.91 Å². The minimum absolute atomic E-state index is 0.00496. The van der Waals surface area contributed by atoms with Crippen molar-refractivity contribution in [3.63, 3.8) is 0 Å². The number of likely N-dealkylation sites (tertiary alicyclic amines) is 1. The van der Waals surface area contributed by atoms with Crippen LogP contribution in [0.15, 0.2) is 42.5 Å². The number of benzene rings is 2. The third-order valence-corrected chi connectivity index (χ3v) is 8.68. The van der Waals surface area contributed by atoms with E-state index in [4.69, 9.17) is 32.7 Å². The summed E-state index contributed by atoms with van der Waals surface area (Å²) < 4.78 is 12.7. The van der Waals surface area contributed by atoms with Crippen LogP contribution in [0.3, 0.4) is 0 Å². The van der Waals surface area contributed by atoms with Gasteiger partial charge in [0.05, 0.1) is 37.1 Å². The maximum Gasteiger partial charge on any atom is 0.308 e. The summed E-state index contributed by atoms with van der Waals surface area (Å²) in [5, 5.41) is 4.19. The number of ether oxygens (including phenoxy) is 2. The maximum atomic E-state index is 13.0. The molecule has 1 saturated heterocycles. The Morgan fingerprint density at radius 1 is 1.11 bits per heavy atom. The molecule has 1 heterocycles. The highest BCUT2D eigenvalue weighted by Crippen LogP contribution is 2.54. The predicted octanol–water partition coefficient (Wildman–Crippen LogP) is 4.93. The Bertz CT molecular complexity index is 1150. The number of piperidine rings is 1. The summed E-state index contributed by atoms with van der Waals surface area (Å²) in [6.07, 6.45) is 3.53. The van der Waals surface area contributed by atoms with Crippen LogP contribution >= 0.6 is 23.2 Å². The lowest BCUT2D eigenvalue weighted by atomic mass is 9.54. The second-order valence-corrected chi connectivity index (χ2v) is 11.7. The Kier molecular flexibility index (Phi) is 7.73. The van der Waals surface area contributed by atoms with Gasteiger partial charge in [-0.15, -0.1) is 0 Å². The number of amides is 1. The molecule has 2 aromatic carbocycles. The summed E-state index contributed by atoms with van der Waals surface area (Å²) in [4.78, 5) is 24.7. The highest BCUT2D eigenvalue weighted by atomic mass is 35.5. The Labute approximate surface area is 223 Å². The molecule has 2 aliphatic rings. The van der Waals surface area contributed by atoms with Crippen LogP contribution in [0.2, 0.25) is 10.0 Å². The van der Waals surface area contributed by atoms with E-state index in [1.165, 1.54) is 6.92 Å². The number of fused-ring (bicyclic) bond motifs is 1. The zero-order valence-electron chi connectivity index (χ0n) is 21.4. The second-order valence-electron chi connectivity index (χ2n) is 10.9. The van der Waals surface area contributed by atoms with Crippen molar-refractivity contribution in [1.82, 2.24) is 5.32 Å². The molecule has 4 rings (SSSR count). The molecule has 1 aliphatic heterocycles. The molecule has 194 valence electrons. The number of hydrogen-bond donors (Lipinski definition) is 1. The topological polar surface area (TPSA) is 64.6 Å². The van der Waals surface area contributed by atoms with Crippen molar-refractivity contribution in [1.29, 1.82) is 0 Å². The Hall–Kier alpha value is -2.12. The lowest BCUT2D eigenvalue weighted by Gasteiger charge is -2.60. The van der Waals surface area contributed by atoms with E-state index in [1.807, 2.05) is 18.2 Å². The normalized spacial score (nSPS) is 27.1. The van der Waals surface area contributed by atoms with Gasteiger partial charge in [-0.1, -0.05) is 41.4 Å². The smallest absolute Gasteiger partial charge is 0.308 e. The van der Waals surface area contributed by atoms with Gasteiger partial charge in [0.25, 0.3) is 0 Å². The fourth-order valence-electron chi connectivity index (χ4n) is 6.33. The third-order valence-electron chi connectivity index (χ3n) is 7.94. The van der Waals surface area contributed by atoms with E-state index in [0.29, 0.717) is 15.8 Å². The number of esters is 1. The summed E-state index contributed by atoms with van der Waals surface area (Å²) in [6, 6.07) is 13.1. The minimum Gasteiger partial charge on any atom is -0.427 e. The zero-order chi connectivity index (χ0) is 26.1. The molecule has 36 heavy (non-hydrogen) atoms. The summed E-state index contributed by atoms with van der Waals surface area (Å²) in [5.41, 5.74) is 1.19. The first-order chi connectivity index (χ1) is 17.0. The van der Waals surface area contributed by atoms with E-state index in [1.54, 1.807) is 25.3 Å². The molecule has 3 atom stereocenters. The Balaban J connectivity index is 1.63. The lowest BCUT2D eigenvalue weighted by Crippen LogP contribution is -2.71. The molecule has 1 saturated carbocycles. The molecule has 1 N–H and O–H groups in total. The largest absolute Gasteiger partial charge is 0.427 e. The number of hydrogen-bond acceptors (Lipinski definition) is 4. The van der Waals surface area contributed by atoms with E-state index in [9.17, 15) is 9.59 Å². The number of rotatable bonds is 6. The number of carbonyl (C=O) groups is 2. The summed E-state index contributed by atoms with van der Waals surface area (Å²) in [5.74, 6) is 0.142. The van der Waals surface area contributed by atoms with Crippen molar-refractivity contribution >= 4 is 35.1 Å². The number of likely N-dealkylation sites (N-methyl/N-ethyl adjacent to an activating group) is 1. The highest BCUT2D eigenvalue weighted by Gasteiger charge is 2.62. The van der Waals surface area contributed by atoms with Gasteiger partial charge < -0.3 is 19.3 Å². The predicted molar refractivity (Wildman–Crippen MR) is 142 cm³/mol. The summed E-state index contributed by atoms with van der Waals surface area (Å²) >= 11 is 12.2. The zero-order valence-corrected chi connectivity index (χ0v) is 22.9. The average Bonchev–Trinajstić information content (AvgIpc) is 2.81. The molecule has 0 unspecified atom stereocenters. The molecular formula is C28H35Cl2N2O4+. The number of nitrogens with one attached hydrogen (secondary N) is 1. The molecule has 1 aliphatic carbocycles. The van der Waals surface area contributed by atoms with Gasteiger partial charge in [-0.05, 0) is 54.7 Å². The van der Waals surface area contributed by atoms with E-state index in [-0.39, 0.29) is 29.8 Å². The van der Waals surface area contributed by atoms with Crippen molar-refractivity contribution in [2.45, 2.75) is 56.1 Å². The minimum atomic E-state index is -0.394. The summed E-state index contributed by atoms with van der Waals surface area (Å²) in [7, 11) is 6.29. The fourth-order valence-corrected chi connectivity index (χ4v) is 6.65. The van der Waals surface area contributed by atoms with Crippen LogP contribution in [-0.2, 0) is 26.2 Å². The van der Waals surface area contributed by atoms with Crippen molar-refractivity contribution in [2.75, 3.05) is 34.3 Å². The number of quaternary nitrogens is 1. The van der Waals surface area contributed by atoms with Gasteiger partial charge in [0, 0.05) is 31.9 Å². The number of methoxy groups -OCH3 is 1. The second kappa shape index (κ2) is 10.3. The van der Waals surface area contributed by atoms with Crippen LogP contribution in [0.1, 0.15) is 43.7 Å². The quantitative estimate of drug-likeness (QED) is 0.324. The maximum absolute atomic E-state index is 13.0. The van der Waals surface area contributed by atoms with E-state index in [2.05, 4.69) is 25.5 Å². The van der Waals surface area contributed by atoms with Gasteiger partial charge in [-0.2, -0.15) is 0 Å². The highest BCUT2D eigenvalue weighted by molar-refractivity contribution is 6.42. The number of nitrogens with zero attached hydrogens (tertiary/aromatic N) is 1. The average molecular weight is 535 g/mol. The van der Waals surface area contributed by atoms with Gasteiger partial charge in [0.15, 0.2) is 0 Å². The molecule has 6 nitrogen and oxygen atoms in total. The standard InChI is InChI=1S/C28H34Cl2N2O4/c1-19(33)36-23-7-5-6-21(16-23)27-12-13-32(2,3)18-28(27,35-4)11-10-22(17-27)31-26(34)15-20-8-9-24(29)25(30)14-20/h5-9,14,16,22H,10-13,15,17-18H2,1-4H3/p+1/t22-,27+,28+/m1/s1. The fraction of sp³-hybridized carbons (Fsp3) is 0.500. The van der Waals surface area contributed by atoms with E-state index in [0.717, 1.165) is 54.4 Å². The van der Waals surface area contributed by atoms with Crippen LogP contribution in [0.4, 0.5) is 0 Å². The van der Waals surface area contributed by atoms with Crippen LogP contribution in [0.25, 0.3) is 0 Å². The van der Waals surface area contributed by atoms with E-state index >= 15 is 0 Å². The first kappa shape index (κ1) is 26.9. The number of halogens is 2. The first-order valence-electron chi connectivity index (χ1n) is 12.4. The van der Waals surface area contributed by atoms with Crippen LogP contribution in [0.5, 0.6) is 5.75 Å². The molecular weight excluding hydrogens is 499 g/mol. The molecule has 0 aromatic heterocycles. The molecule has 2 aromatic rings. The number of carbonyl (C=O) groups excluding carboxylic acids is 2. The SMILES string of the molecule is CO[C@]12CC[C@@H](NC(=O)Cc3ccc(Cl)c(Cl)c3)C[C@]1(c1cccc(OC(C)=O)c1)CC[N+](C)(C)C2. The molecule has 0 radical (unpaired) electrons. The summed E-state index contributed by atoms with van der Waals surface area (Å²) in [6.45, 7) is 3.25. The monoisotopic (exact) mass is 533 g/mol. The van der Waals surface area contributed by atoms with Gasteiger partial charge in [-0.25, -0.2) is 0 Å². The van der Waals surface area contributed by atoms with Crippen molar-refractivity contribution < 1.29 is 23.5 Å². The van der Waals surface area contributed by atoms with E-state index < -0.39 is 5.60 Å². The molecule has 0 spiro atoms. The Morgan fingerprint density at radius 3 is 2.58 bits per heavy atom. The van der Waals surface area contributed by atoms with Gasteiger partial charge in [0.1, 0.15) is 17.9 Å². The molecule has 2 fully saturated rings. The Morgan fingerprint density at radius 2 is 1.89 bits per heavy atom. The molecule has 0 bridgehead atoms. The molecule has 1 amide bonds.